The molecule has 1 aromatic rings. The Kier molecular flexibility index (Phi) is 3.51. The second-order valence-corrected chi connectivity index (χ2v) is 3.29. The first kappa shape index (κ1) is 11.8. The molecule has 0 saturated heterocycles. The van der Waals surface area contributed by atoms with Crippen molar-refractivity contribution in [3.05, 3.63) is 26.5 Å². The first-order valence-electron chi connectivity index (χ1n) is 3.64. The van der Waals surface area contributed by atoms with Gasteiger partial charge in [0.25, 0.3) is 6.43 Å². The van der Waals surface area contributed by atoms with Crippen LogP contribution in [0.15, 0.2) is 10.7 Å². The number of hydrogen-bond donors (Lipinski definition) is 0. The van der Waals surface area contributed by atoms with Crippen molar-refractivity contribution in [3.8, 4) is 5.75 Å². The van der Waals surface area contributed by atoms with E-state index in [1.54, 1.807) is 0 Å². The van der Waals surface area contributed by atoms with Crippen molar-refractivity contribution in [1.82, 2.24) is 4.98 Å². The van der Waals surface area contributed by atoms with Gasteiger partial charge >= 0.3 is 5.69 Å². The van der Waals surface area contributed by atoms with E-state index in [1.807, 2.05) is 0 Å². The zero-order valence-electron chi connectivity index (χ0n) is 7.41. The Bertz CT molecular complexity index is 400. The van der Waals surface area contributed by atoms with Crippen LogP contribution in [0.1, 0.15) is 12.1 Å². The van der Waals surface area contributed by atoms with Crippen LogP contribution < -0.4 is 4.74 Å². The van der Waals surface area contributed by atoms with Gasteiger partial charge in [-0.15, -0.1) is 0 Å². The van der Waals surface area contributed by atoms with Gasteiger partial charge in [0.2, 0.25) is 5.75 Å². The third-order valence-corrected chi connectivity index (χ3v) is 2.16. The predicted octanol–water partition coefficient (Wildman–Crippen LogP) is 2.70. The minimum atomic E-state index is -2.92. The van der Waals surface area contributed by atoms with E-state index >= 15 is 0 Å². The van der Waals surface area contributed by atoms with Gasteiger partial charge in [-0.1, -0.05) is 0 Å². The number of alkyl halides is 2. The van der Waals surface area contributed by atoms with Crippen molar-refractivity contribution in [3.63, 3.8) is 0 Å². The van der Waals surface area contributed by atoms with Gasteiger partial charge in [-0.05, 0) is 15.9 Å². The number of ether oxygens (including phenoxy) is 1. The molecule has 0 bridgehead atoms. The van der Waals surface area contributed by atoms with Crippen molar-refractivity contribution in [2.45, 2.75) is 6.43 Å². The molecule has 0 fully saturated rings. The molecular formula is C7H5BrF2N2O3. The fourth-order valence-corrected chi connectivity index (χ4v) is 1.43. The van der Waals surface area contributed by atoms with Gasteiger partial charge in [-0.2, -0.15) is 0 Å². The summed E-state index contributed by atoms with van der Waals surface area (Å²) in [5, 5.41) is 10.6. The molecule has 0 aliphatic rings. The summed E-state index contributed by atoms with van der Waals surface area (Å²) in [6.07, 6.45) is -1.98. The SMILES string of the molecule is COc1c(C(F)F)ncc(Br)c1[N+](=O)[O-]. The first-order chi connectivity index (χ1) is 6.99. The molecule has 0 radical (unpaired) electrons. The summed E-state index contributed by atoms with van der Waals surface area (Å²) in [6, 6.07) is 0. The minimum Gasteiger partial charge on any atom is -0.489 e. The third-order valence-electron chi connectivity index (χ3n) is 1.58. The Balaban J connectivity index is 3.47. The van der Waals surface area contributed by atoms with E-state index in [4.69, 9.17) is 0 Å². The fraction of sp³-hybridized carbons (Fsp3) is 0.286. The van der Waals surface area contributed by atoms with Crippen molar-refractivity contribution >= 4 is 21.6 Å². The molecule has 0 N–H and O–H groups in total. The van der Waals surface area contributed by atoms with E-state index in [1.165, 1.54) is 0 Å². The van der Waals surface area contributed by atoms with Crippen LogP contribution in [0.3, 0.4) is 0 Å². The number of halogens is 3. The topological polar surface area (TPSA) is 65.3 Å². The van der Waals surface area contributed by atoms with Gasteiger partial charge in [0.1, 0.15) is 4.47 Å². The summed E-state index contributed by atoms with van der Waals surface area (Å²) in [5.41, 5.74) is -1.30. The number of hydrogen-bond acceptors (Lipinski definition) is 4. The molecule has 0 aliphatic carbocycles. The molecule has 82 valence electrons. The second kappa shape index (κ2) is 4.47. The van der Waals surface area contributed by atoms with Crippen LogP contribution in [0.4, 0.5) is 14.5 Å². The molecule has 8 heteroatoms. The van der Waals surface area contributed by atoms with Crippen LogP contribution in [0.25, 0.3) is 0 Å². The maximum atomic E-state index is 12.4. The molecule has 0 saturated carbocycles. The average Bonchev–Trinajstić information content (AvgIpc) is 2.15. The maximum absolute atomic E-state index is 12.4. The lowest BCUT2D eigenvalue weighted by Crippen LogP contribution is -2.02. The van der Waals surface area contributed by atoms with Crippen molar-refractivity contribution in [2.24, 2.45) is 0 Å². The van der Waals surface area contributed by atoms with Crippen molar-refractivity contribution in [1.29, 1.82) is 0 Å². The molecule has 0 amide bonds. The van der Waals surface area contributed by atoms with E-state index in [0.717, 1.165) is 13.3 Å². The molecule has 0 spiro atoms. The fourth-order valence-electron chi connectivity index (χ4n) is 1.00. The monoisotopic (exact) mass is 282 g/mol. The maximum Gasteiger partial charge on any atom is 0.328 e. The Morgan fingerprint density at radius 3 is 2.67 bits per heavy atom. The third kappa shape index (κ3) is 2.20. The van der Waals surface area contributed by atoms with Crippen LogP contribution in [0, 0.1) is 10.1 Å². The van der Waals surface area contributed by atoms with Crippen molar-refractivity contribution in [2.75, 3.05) is 7.11 Å². The molecule has 0 unspecified atom stereocenters. The van der Waals surface area contributed by atoms with E-state index in [2.05, 4.69) is 25.7 Å². The minimum absolute atomic E-state index is 0.00579. The molecule has 5 nitrogen and oxygen atoms in total. The normalized spacial score (nSPS) is 10.5. The summed E-state index contributed by atoms with van der Waals surface area (Å²) in [6.45, 7) is 0. The Hall–Kier alpha value is -1.31. The van der Waals surface area contributed by atoms with Crippen LogP contribution in [0.5, 0.6) is 5.75 Å². The summed E-state index contributed by atoms with van der Waals surface area (Å²) in [7, 11) is 1.07. The zero-order chi connectivity index (χ0) is 11.6. The molecular weight excluding hydrogens is 278 g/mol. The highest BCUT2D eigenvalue weighted by atomic mass is 79.9. The number of methoxy groups -OCH3 is 1. The number of nitro groups is 1. The molecule has 0 atom stereocenters. The van der Waals surface area contributed by atoms with Crippen LogP contribution in [-0.2, 0) is 0 Å². The summed E-state index contributed by atoms with van der Waals surface area (Å²) < 4.78 is 29.4. The van der Waals surface area contributed by atoms with E-state index < -0.39 is 28.5 Å². The number of pyridine rings is 1. The smallest absolute Gasteiger partial charge is 0.328 e. The lowest BCUT2D eigenvalue weighted by Gasteiger charge is -2.07. The Morgan fingerprint density at radius 1 is 1.67 bits per heavy atom. The summed E-state index contributed by atoms with van der Waals surface area (Å²) in [5.74, 6) is -0.524. The second-order valence-electron chi connectivity index (χ2n) is 2.43. The van der Waals surface area contributed by atoms with Gasteiger partial charge in [-0.25, -0.2) is 13.8 Å². The summed E-state index contributed by atoms with van der Waals surface area (Å²) >= 11 is 2.84. The van der Waals surface area contributed by atoms with Crippen molar-refractivity contribution < 1.29 is 18.4 Å². The van der Waals surface area contributed by atoms with Gasteiger partial charge in [0.15, 0.2) is 5.69 Å². The predicted molar refractivity (Wildman–Crippen MR) is 50.1 cm³/mol. The summed E-state index contributed by atoms with van der Waals surface area (Å²) in [4.78, 5) is 13.2. The van der Waals surface area contributed by atoms with Gasteiger partial charge in [-0.3, -0.25) is 10.1 Å². The molecule has 15 heavy (non-hydrogen) atoms. The zero-order valence-corrected chi connectivity index (χ0v) is 8.99. The molecule has 1 heterocycles. The van der Waals surface area contributed by atoms with E-state index in [9.17, 15) is 18.9 Å². The van der Waals surface area contributed by atoms with Crippen LogP contribution >= 0.6 is 15.9 Å². The first-order valence-corrected chi connectivity index (χ1v) is 4.43. The molecule has 0 aliphatic heterocycles. The van der Waals surface area contributed by atoms with E-state index in [0.29, 0.717) is 0 Å². The number of aromatic nitrogens is 1. The van der Waals surface area contributed by atoms with Gasteiger partial charge in [0, 0.05) is 6.20 Å². The molecule has 1 rings (SSSR count). The average molecular weight is 283 g/mol. The van der Waals surface area contributed by atoms with Gasteiger partial charge in [0.05, 0.1) is 12.0 Å². The lowest BCUT2D eigenvalue weighted by atomic mass is 10.3. The molecule has 1 aromatic heterocycles. The van der Waals surface area contributed by atoms with Crippen LogP contribution in [0.2, 0.25) is 0 Å². The molecule has 0 aromatic carbocycles. The highest BCUT2D eigenvalue weighted by Crippen LogP contribution is 2.39. The standard InChI is InChI=1S/C7H5BrF2N2O3/c1-15-6-4(7(9)10)11-2-3(8)5(6)12(13)14/h2,7H,1H3. The van der Waals surface area contributed by atoms with Crippen LogP contribution in [-0.4, -0.2) is 17.0 Å². The largest absolute Gasteiger partial charge is 0.489 e. The Morgan fingerprint density at radius 2 is 2.27 bits per heavy atom. The highest BCUT2D eigenvalue weighted by molar-refractivity contribution is 9.10. The Labute approximate surface area is 91.3 Å². The van der Waals surface area contributed by atoms with E-state index in [-0.39, 0.29) is 4.47 Å². The number of nitrogens with zero attached hydrogens (tertiary/aromatic N) is 2. The van der Waals surface area contributed by atoms with Gasteiger partial charge < -0.3 is 4.74 Å². The lowest BCUT2D eigenvalue weighted by molar-refractivity contribution is -0.386. The number of rotatable bonds is 3. The highest BCUT2D eigenvalue weighted by Gasteiger charge is 2.28. The quantitative estimate of drug-likeness (QED) is 0.632.